The van der Waals surface area contributed by atoms with Gasteiger partial charge in [0.05, 0.1) is 24.3 Å². The van der Waals surface area contributed by atoms with Gasteiger partial charge in [0.25, 0.3) is 0 Å². The Labute approximate surface area is 111 Å². The van der Waals surface area contributed by atoms with Crippen LogP contribution in [-0.4, -0.2) is 0 Å². The van der Waals surface area contributed by atoms with Crippen LogP contribution >= 0.6 is 11.6 Å². The number of halogens is 1. The third-order valence-corrected chi connectivity index (χ3v) is 3.21. The maximum Gasteiger partial charge on any atom is 0.152 e. The van der Waals surface area contributed by atoms with Crippen molar-refractivity contribution in [1.29, 1.82) is 21.0 Å². The van der Waals surface area contributed by atoms with E-state index in [0.717, 1.165) is 11.1 Å². The minimum Gasteiger partial charge on any atom is -0.197 e. The molecule has 0 aromatic heterocycles. The Balaban J connectivity index is 2.90. The monoisotopic (exact) mass is 256 g/mol. The Bertz CT molecular complexity index is 532. The summed E-state index contributed by atoms with van der Waals surface area (Å²) in [6.07, 6.45) is 3.20. The molecule has 0 spiro atoms. The van der Waals surface area contributed by atoms with Crippen LogP contribution in [-0.2, 0) is 0 Å². The molecule has 0 amide bonds. The Morgan fingerprint density at radius 3 is 2.17 bits per heavy atom. The van der Waals surface area contributed by atoms with Crippen LogP contribution in [0.3, 0.4) is 0 Å². The quantitative estimate of drug-likeness (QED) is 0.775. The van der Waals surface area contributed by atoms with Crippen LogP contribution in [0.2, 0.25) is 0 Å². The lowest BCUT2D eigenvalue weighted by atomic mass is 10.0. The zero-order valence-corrected chi connectivity index (χ0v) is 10.3. The molecule has 0 atom stereocenters. The second kappa shape index (κ2) is 6.46. The van der Waals surface area contributed by atoms with Gasteiger partial charge in [-0.25, -0.2) is 0 Å². The van der Waals surface area contributed by atoms with Gasteiger partial charge in [-0.3, -0.25) is 0 Å². The average molecular weight is 257 g/mol. The fraction of sp³-hybridized carbons (Fsp3) is 0.385. The van der Waals surface area contributed by atoms with Crippen LogP contribution in [0.4, 0.5) is 0 Å². The molecule has 0 aliphatic heterocycles. The van der Waals surface area contributed by atoms with Crippen LogP contribution in [0.25, 0.3) is 0 Å². The van der Waals surface area contributed by atoms with E-state index in [1.54, 1.807) is 6.08 Å². The zero-order valence-electron chi connectivity index (χ0n) is 9.52. The largest absolute Gasteiger partial charge is 0.197 e. The van der Waals surface area contributed by atoms with E-state index < -0.39 is 11.8 Å². The summed E-state index contributed by atoms with van der Waals surface area (Å²) in [6.45, 7) is 0. The Kier molecular flexibility index (Phi) is 4.95. The maximum atomic E-state index is 8.72. The standard InChI is InChI=1S/C13H9ClN4/c14-13-11(3-9(5-15)6-16)1-2-12(13)4-10(7-17)8-18/h3,9-10H,1-2,4H2/b11-3+. The van der Waals surface area contributed by atoms with E-state index in [2.05, 4.69) is 0 Å². The Hall–Kier alpha value is -2.27. The molecule has 1 aliphatic rings. The fourth-order valence-electron chi connectivity index (χ4n) is 1.75. The van der Waals surface area contributed by atoms with Gasteiger partial charge in [-0.15, -0.1) is 0 Å². The summed E-state index contributed by atoms with van der Waals surface area (Å²) in [6, 6.07) is 7.51. The lowest BCUT2D eigenvalue weighted by molar-refractivity contribution is 0.788. The molecule has 0 heterocycles. The van der Waals surface area contributed by atoms with Crippen molar-refractivity contribution in [3.63, 3.8) is 0 Å². The first-order chi connectivity index (χ1) is 8.65. The molecule has 1 rings (SSSR count). The normalized spacial score (nSPS) is 16.5. The molecule has 0 unspecified atom stereocenters. The van der Waals surface area contributed by atoms with Gasteiger partial charge in [0.15, 0.2) is 5.92 Å². The van der Waals surface area contributed by atoms with E-state index in [1.165, 1.54) is 0 Å². The molecule has 5 heteroatoms. The topological polar surface area (TPSA) is 95.2 Å². The fourth-order valence-corrected chi connectivity index (χ4v) is 2.08. The number of nitriles is 4. The molecule has 1 aliphatic carbocycles. The molecule has 0 N–H and O–H groups in total. The second-order valence-electron chi connectivity index (χ2n) is 3.86. The number of allylic oxidation sites excluding steroid dienone is 4. The Morgan fingerprint density at radius 2 is 1.67 bits per heavy atom. The van der Waals surface area contributed by atoms with Crippen LogP contribution in [0.5, 0.6) is 0 Å². The van der Waals surface area contributed by atoms with E-state index in [0.29, 0.717) is 24.3 Å². The van der Waals surface area contributed by atoms with Gasteiger partial charge in [-0.1, -0.05) is 11.6 Å². The summed E-state index contributed by atoms with van der Waals surface area (Å²) >= 11 is 6.13. The van der Waals surface area contributed by atoms with Crippen molar-refractivity contribution in [2.24, 2.45) is 11.8 Å². The highest BCUT2D eigenvalue weighted by Crippen LogP contribution is 2.37. The highest BCUT2D eigenvalue weighted by atomic mass is 35.5. The van der Waals surface area contributed by atoms with E-state index in [1.807, 2.05) is 24.3 Å². The number of rotatable bonds is 3. The van der Waals surface area contributed by atoms with Gasteiger partial charge >= 0.3 is 0 Å². The van der Waals surface area contributed by atoms with Crippen LogP contribution in [0, 0.1) is 57.2 Å². The van der Waals surface area contributed by atoms with Crippen LogP contribution in [0.1, 0.15) is 19.3 Å². The molecule has 88 valence electrons. The summed E-state index contributed by atoms with van der Waals surface area (Å²) < 4.78 is 0. The molecule has 0 fully saturated rings. The number of nitrogens with zero attached hydrogens (tertiary/aromatic N) is 4. The highest BCUT2D eigenvalue weighted by molar-refractivity contribution is 6.32. The number of hydrogen-bond donors (Lipinski definition) is 0. The van der Waals surface area contributed by atoms with Crippen molar-refractivity contribution < 1.29 is 0 Å². The second-order valence-corrected chi connectivity index (χ2v) is 4.24. The lowest BCUT2D eigenvalue weighted by Crippen LogP contribution is -1.94. The first-order valence-corrected chi connectivity index (χ1v) is 5.71. The molecule has 0 aromatic rings. The first-order valence-electron chi connectivity index (χ1n) is 5.33. The van der Waals surface area contributed by atoms with E-state index in [4.69, 9.17) is 32.6 Å². The maximum absolute atomic E-state index is 8.72. The summed E-state index contributed by atoms with van der Waals surface area (Å²) in [7, 11) is 0. The van der Waals surface area contributed by atoms with Gasteiger partial charge in [-0.05, 0) is 36.5 Å². The van der Waals surface area contributed by atoms with Gasteiger partial charge < -0.3 is 0 Å². The van der Waals surface area contributed by atoms with Crippen molar-refractivity contribution >= 4 is 11.6 Å². The minimum atomic E-state index is -0.809. The average Bonchev–Trinajstić information content (AvgIpc) is 2.74. The molecule has 18 heavy (non-hydrogen) atoms. The molecule has 4 nitrogen and oxygen atoms in total. The summed E-state index contributed by atoms with van der Waals surface area (Å²) in [4.78, 5) is 0. The predicted molar refractivity (Wildman–Crippen MR) is 64.2 cm³/mol. The van der Waals surface area contributed by atoms with E-state index in [-0.39, 0.29) is 0 Å². The zero-order chi connectivity index (χ0) is 13.5. The van der Waals surface area contributed by atoms with Gasteiger partial charge in [0.1, 0.15) is 5.92 Å². The SMILES string of the molecule is N#CC(C#N)/C=C1\CCC(CC(C#N)C#N)=C1Cl. The molecule has 0 saturated carbocycles. The van der Waals surface area contributed by atoms with Crippen molar-refractivity contribution in [2.45, 2.75) is 19.3 Å². The van der Waals surface area contributed by atoms with Crippen LogP contribution in [0.15, 0.2) is 22.3 Å². The molecular weight excluding hydrogens is 248 g/mol. The van der Waals surface area contributed by atoms with Crippen LogP contribution < -0.4 is 0 Å². The Morgan fingerprint density at radius 1 is 1.06 bits per heavy atom. The third-order valence-electron chi connectivity index (χ3n) is 2.70. The van der Waals surface area contributed by atoms with Crippen molar-refractivity contribution in [2.75, 3.05) is 0 Å². The van der Waals surface area contributed by atoms with Crippen molar-refractivity contribution in [3.05, 3.63) is 22.3 Å². The van der Waals surface area contributed by atoms with Crippen molar-refractivity contribution in [1.82, 2.24) is 0 Å². The summed E-state index contributed by atoms with van der Waals surface area (Å²) in [5.74, 6) is -1.51. The lowest BCUT2D eigenvalue weighted by Gasteiger charge is -2.02. The van der Waals surface area contributed by atoms with E-state index in [9.17, 15) is 0 Å². The molecule has 0 saturated heterocycles. The summed E-state index contributed by atoms with van der Waals surface area (Å²) in [5, 5.41) is 35.3. The van der Waals surface area contributed by atoms with Gasteiger partial charge in [0.2, 0.25) is 0 Å². The van der Waals surface area contributed by atoms with Gasteiger partial charge in [-0.2, -0.15) is 21.0 Å². The van der Waals surface area contributed by atoms with Gasteiger partial charge in [0, 0.05) is 5.03 Å². The van der Waals surface area contributed by atoms with E-state index >= 15 is 0 Å². The smallest absolute Gasteiger partial charge is 0.152 e. The third kappa shape index (κ3) is 3.11. The van der Waals surface area contributed by atoms with Crippen molar-refractivity contribution in [3.8, 4) is 24.3 Å². The first kappa shape index (κ1) is 13.8. The minimum absolute atomic E-state index is 0.326. The molecule has 0 aromatic carbocycles. The predicted octanol–water partition coefficient (Wildman–Crippen LogP) is 2.92. The molecular formula is C13H9ClN4. The summed E-state index contributed by atoms with van der Waals surface area (Å²) in [5.41, 5.74) is 1.61. The number of hydrogen-bond acceptors (Lipinski definition) is 4. The molecule has 0 radical (unpaired) electrons. The molecule has 0 bridgehead atoms. The highest BCUT2D eigenvalue weighted by Gasteiger charge is 2.22.